The van der Waals surface area contributed by atoms with E-state index in [2.05, 4.69) is 33.5 Å². The van der Waals surface area contributed by atoms with Gasteiger partial charge >= 0.3 is 0 Å². The molecule has 4 nitrogen and oxygen atoms in total. The Morgan fingerprint density at radius 3 is 2.91 bits per heavy atom. The van der Waals surface area contributed by atoms with Crippen molar-refractivity contribution in [2.75, 3.05) is 12.4 Å². The van der Waals surface area contributed by atoms with Gasteiger partial charge < -0.3 is 11.1 Å². The number of aromatic nitrogens is 1. The molecule has 0 bridgehead atoms. The number of rotatable bonds is 4. The molecule has 0 aliphatic carbocycles. The second-order valence-corrected chi connectivity index (χ2v) is 5.47. The molecule has 1 aliphatic rings. The zero-order valence-electron chi connectivity index (χ0n) is 12.7. The SMILES string of the molecule is CNc1ccc2c(c1)N=C(N)C=C(CCc1cccnc1)C2. The summed E-state index contributed by atoms with van der Waals surface area (Å²) in [7, 11) is 1.91. The molecule has 0 atom stereocenters. The molecule has 1 aromatic carbocycles. The molecular formula is C18H20N4. The zero-order chi connectivity index (χ0) is 15.4. The number of nitrogens with one attached hydrogen (secondary N) is 1. The normalized spacial score (nSPS) is 13.7. The van der Waals surface area contributed by atoms with Gasteiger partial charge in [-0.1, -0.05) is 17.7 Å². The number of nitrogens with two attached hydrogens (primary N) is 1. The number of aryl methyl sites for hydroxylation is 1. The van der Waals surface area contributed by atoms with Crippen molar-refractivity contribution in [2.45, 2.75) is 19.3 Å². The minimum Gasteiger partial charge on any atom is -0.388 e. The van der Waals surface area contributed by atoms with Gasteiger partial charge in [0.25, 0.3) is 0 Å². The van der Waals surface area contributed by atoms with E-state index in [1.165, 1.54) is 16.7 Å². The van der Waals surface area contributed by atoms with Crippen LogP contribution in [-0.4, -0.2) is 17.9 Å². The Kier molecular flexibility index (Phi) is 4.19. The standard InChI is InChI=1S/C18H20N4/c1-20-16-7-6-15-9-14(10-18(19)22-17(15)11-16)5-4-13-3-2-8-21-12-13/h2-3,6-8,10-12,20H,4-5,9H2,1H3,(H2,19,22). The summed E-state index contributed by atoms with van der Waals surface area (Å²) in [4.78, 5) is 8.68. The molecule has 22 heavy (non-hydrogen) atoms. The van der Waals surface area contributed by atoms with Gasteiger partial charge in [-0.25, -0.2) is 4.99 Å². The zero-order valence-corrected chi connectivity index (χ0v) is 12.7. The first-order valence-electron chi connectivity index (χ1n) is 7.48. The number of allylic oxidation sites excluding steroid dienone is 1. The molecule has 0 unspecified atom stereocenters. The lowest BCUT2D eigenvalue weighted by atomic mass is 9.98. The highest BCUT2D eigenvalue weighted by atomic mass is 14.9. The first-order valence-corrected chi connectivity index (χ1v) is 7.48. The third-order valence-electron chi connectivity index (χ3n) is 3.85. The molecule has 3 rings (SSSR count). The van der Waals surface area contributed by atoms with E-state index >= 15 is 0 Å². The molecule has 112 valence electrons. The molecule has 0 radical (unpaired) electrons. The van der Waals surface area contributed by atoms with Gasteiger partial charge in [-0.15, -0.1) is 0 Å². The maximum absolute atomic E-state index is 6.04. The van der Waals surface area contributed by atoms with Gasteiger partial charge in [-0.3, -0.25) is 4.98 Å². The highest BCUT2D eigenvalue weighted by Crippen LogP contribution is 2.29. The Morgan fingerprint density at radius 1 is 1.23 bits per heavy atom. The van der Waals surface area contributed by atoms with E-state index in [1.807, 2.05) is 31.5 Å². The number of hydrogen-bond donors (Lipinski definition) is 2. The van der Waals surface area contributed by atoms with E-state index in [1.54, 1.807) is 6.20 Å². The van der Waals surface area contributed by atoms with E-state index in [9.17, 15) is 0 Å². The fourth-order valence-electron chi connectivity index (χ4n) is 2.66. The van der Waals surface area contributed by atoms with Crippen molar-refractivity contribution in [3.8, 4) is 0 Å². The number of nitrogens with zero attached hydrogens (tertiary/aromatic N) is 2. The van der Waals surface area contributed by atoms with Gasteiger partial charge in [-0.2, -0.15) is 0 Å². The molecule has 4 heteroatoms. The van der Waals surface area contributed by atoms with Crippen molar-refractivity contribution < 1.29 is 0 Å². The maximum Gasteiger partial charge on any atom is 0.123 e. The summed E-state index contributed by atoms with van der Waals surface area (Å²) in [5.74, 6) is 0.577. The molecule has 2 heterocycles. The van der Waals surface area contributed by atoms with Gasteiger partial charge in [0, 0.05) is 25.1 Å². The summed E-state index contributed by atoms with van der Waals surface area (Å²) in [6.07, 6.45) is 8.56. The Bertz CT molecular complexity index is 717. The second-order valence-electron chi connectivity index (χ2n) is 5.47. The van der Waals surface area contributed by atoms with Gasteiger partial charge in [0.2, 0.25) is 0 Å². The third-order valence-corrected chi connectivity index (χ3v) is 3.85. The summed E-state index contributed by atoms with van der Waals surface area (Å²) >= 11 is 0. The quantitative estimate of drug-likeness (QED) is 0.909. The molecule has 0 saturated carbocycles. The first kappa shape index (κ1) is 14.3. The van der Waals surface area contributed by atoms with Crippen LogP contribution in [-0.2, 0) is 12.8 Å². The Morgan fingerprint density at radius 2 is 2.14 bits per heavy atom. The molecule has 3 N–H and O–H groups in total. The molecule has 0 amide bonds. The van der Waals surface area contributed by atoms with Crippen LogP contribution >= 0.6 is 0 Å². The van der Waals surface area contributed by atoms with Gasteiger partial charge in [0.1, 0.15) is 5.84 Å². The lowest BCUT2D eigenvalue weighted by molar-refractivity contribution is 0.897. The molecule has 2 aromatic rings. The van der Waals surface area contributed by atoms with Crippen molar-refractivity contribution in [1.29, 1.82) is 0 Å². The average Bonchev–Trinajstić information content (AvgIpc) is 2.70. The van der Waals surface area contributed by atoms with Crippen LogP contribution in [0.4, 0.5) is 11.4 Å². The van der Waals surface area contributed by atoms with Crippen molar-refractivity contribution in [3.63, 3.8) is 0 Å². The van der Waals surface area contributed by atoms with E-state index in [4.69, 9.17) is 5.73 Å². The lowest BCUT2D eigenvalue weighted by Gasteiger charge is -2.09. The van der Waals surface area contributed by atoms with Crippen LogP contribution < -0.4 is 11.1 Å². The topological polar surface area (TPSA) is 63.3 Å². The minimum atomic E-state index is 0.577. The van der Waals surface area contributed by atoms with Crippen LogP contribution in [0.3, 0.4) is 0 Å². The summed E-state index contributed by atoms with van der Waals surface area (Å²) in [5.41, 5.74) is 11.8. The predicted octanol–water partition coefficient (Wildman–Crippen LogP) is 3.23. The number of pyridine rings is 1. The number of aliphatic imine (C=N–C) groups is 1. The Hall–Kier alpha value is -2.62. The number of hydrogen-bond acceptors (Lipinski definition) is 4. The number of amidine groups is 1. The second kappa shape index (κ2) is 6.43. The maximum atomic E-state index is 6.04. The average molecular weight is 292 g/mol. The van der Waals surface area contributed by atoms with Crippen LogP contribution in [0.25, 0.3) is 0 Å². The number of anilines is 1. The highest BCUT2D eigenvalue weighted by molar-refractivity contribution is 5.95. The van der Waals surface area contributed by atoms with Crippen molar-refractivity contribution in [3.05, 3.63) is 65.5 Å². The molecule has 0 fully saturated rings. The van der Waals surface area contributed by atoms with Gasteiger partial charge in [0.05, 0.1) is 5.69 Å². The van der Waals surface area contributed by atoms with Gasteiger partial charge in [0.15, 0.2) is 0 Å². The van der Waals surface area contributed by atoms with Crippen LogP contribution in [0.2, 0.25) is 0 Å². The van der Waals surface area contributed by atoms with Crippen molar-refractivity contribution in [1.82, 2.24) is 4.98 Å². The van der Waals surface area contributed by atoms with Gasteiger partial charge in [-0.05, 0) is 54.7 Å². The van der Waals surface area contributed by atoms with E-state index < -0.39 is 0 Å². The molecular weight excluding hydrogens is 272 g/mol. The smallest absolute Gasteiger partial charge is 0.123 e. The summed E-state index contributed by atoms with van der Waals surface area (Å²) in [5, 5.41) is 3.14. The van der Waals surface area contributed by atoms with E-state index in [-0.39, 0.29) is 0 Å². The molecule has 0 saturated heterocycles. The summed E-state index contributed by atoms with van der Waals surface area (Å²) in [6.45, 7) is 0. The van der Waals surface area contributed by atoms with Crippen LogP contribution in [0.1, 0.15) is 17.5 Å². The van der Waals surface area contributed by atoms with Crippen LogP contribution in [0.15, 0.2) is 59.4 Å². The fourth-order valence-corrected chi connectivity index (χ4v) is 2.66. The molecule has 1 aromatic heterocycles. The third kappa shape index (κ3) is 3.34. The Labute approximate surface area is 130 Å². The first-order chi connectivity index (χ1) is 10.7. The fraction of sp³-hybridized carbons (Fsp3) is 0.222. The summed E-state index contributed by atoms with van der Waals surface area (Å²) in [6, 6.07) is 10.3. The van der Waals surface area contributed by atoms with Crippen molar-refractivity contribution in [2.24, 2.45) is 10.7 Å². The summed E-state index contributed by atoms with van der Waals surface area (Å²) < 4.78 is 0. The predicted molar refractivity (Wildman–Crippen MR) is 91.6 cm³/mol. The molecule has 1 aliphatic heterocycles. The van der Waals surface area contributed by atoms with Crippen LogP contribution in [0, 0.1) is 0 Å². The van der Waals surface area contributed by atoms with E-state index in [0.29, 0.717) is 5.84 Å². The largest absolute Gasteiger partial charge is 0.388 e. The van der Waals surface area contributed by atoms with Crippen molar-refractivity contribution >= 4 is 17.2 Å². The number of fused-ring (bicyclic) bond motifs is 1. The Balaban J connectivity index is 1.78. The molecule has 0 spiro atoms. The number of benzene rings is 1. The lowest BCUT2D eigenvalue weighted by Crippen LogP contribution is -2.07. The minimum absolute atomic E-state index is 0.577. The van der Waals surface area contributed by atoms with E-state index in [0.717, 1.165) is 30.6 Å². The highest BCUT2D eigenvalue weighted by Gasteiger charge is 2.11. The van der Waals surface area contributed by atoms with Crippen LogP contribution in [0.5, 0.6) is 0 Å². The monoisotopic (exact) mass is 292 g/mol.